The zero-order valence-corrected chi connectivity index (χ0v) is 11.1. The topological polar surface area (TPSA) is 99.8 Å². The van der Waals surface area contributed by atoms with Gasteiger partial charge >= 0.3 is 5.97 Å². The summed E-state index contributed by atoms with van der Waals surface area (Å²) in [5, 5.41) is 21.3. The molecule has 0 spiro atoms. The number of rotatable bonds is 4. The number of aliphatic hydroxyl groups excluding tert-OH is 1. The quantitative estimate of drug-likeness (QED) is 0.782. The van der Waals surface area contributed by atoms with Crippen molar-refractivity contribution < 1.29 is 24.2 Å². The predicted molar refractivity (Wildman–Crippen MR) is 71.5 cm³/mol. The Bertz CT molecular complexity index is 659. The summed E-state index contributed by atoms with van der Waals surface area (Å²) < 4.78 is 5.43. The fourth-order valence-electron chi connectivity index (χ4n) is 1.99. The van der Waals surface area contributed by atoms with Gasteiger partial charge in [0.1, 0.15) is 5.58 Å². The molecule has 1 aromatic carbocycles. The lowest BCUT2D eigenvalue weighted by Gasteiger charge is -2.16. The van der Waals surface area contributed by atoms with Gasteiger partial charge in [0.2, 0.25) is 0 Å². The van der Waals surface area contributed by atoms with Gasteiger partial charge in [-0.1, -0.05) is 18.2 Å². The number of aliphatic hydroxyl groups is 1. The Labute approximate surface area is 115 Å². The Morgan fingerprint density at radius 2 is 1.95 bits per heavy atom. The van der Waals surface area contributed by atoms with E-state index in [0.29, 0.717) is 11.1 Å². The van der Waals surface area contributed by atoms with E-state index in [1.165, 1.54) is 6.92 Å². The number of hydrogen-bond donors (Lipinski definition) is 3. The summed E-state index contributed by atoms with van der Waals surface area (Å²) in [6, 6.07) is 5.76. The lowest BCUT2D eigenvalue weighted by Crippen LogP contribution is -2.47. The molecule has 2 aromatic rings. The van der Waals surface area contributed by atoms with Gasteiger partial charge in [-0.3, -0.25) is 4.79 Å². The van der Waals surface area contributed by atoms with Crippen molar-refractivity contribution in [2.75, 3.05) is 0 Å². The average Bonchev–Trinajstić information content (AvgIpc) is 2.73. The van der Waals surface area contributed by atoms with Crippen LogP contribution in [-0.2, 0) is 4.79 Å². The summed E-state index contributed by atoms with van der Waals surface area (Å²) in [4.78, 5) is 23.0. The van der Waals surface area contributed by atoms with Crippen molar-refractivity contribution in [1.29, 1.82) is 0 Å². The number of aryl methyl sites for hydroxylation is 1. The Morgan fingerprint density at radius 1 is 1.30 bits per heavy atom. The third kappa shape index (κ3) is 2.50. The van der Waals surface area contributed by atoms with Gasteiger partial charge in [-0.15, -0.1) is 0 Å². The van der Waals surface area contributed by atoms with Crippen molar-refractivity contribution in [2.24, 2.45) is 0 Å². The molecule has 0 saturated carbocycles. The third-order valence-electron chi connectivity index (χ3n) is 3.08. The summed E-state index contributed by atoms with van der Waals surface area (Å²) >= 11 is 0. The van der Waals surface area contributed by atoms with E-state index in [1.807, 2.05) is 12.1 Å². The summed E-state index contributed by atoms with van der Waals surface area (Å²) in [6.45, 7) is 3.02. The SMILES string of the molecule is Cc1c(C(=O)NC(C(=O)O)C(C)O)oc2ccccc12. The van der Waals surface area contributed by atoms with E-state index < -0.39 is 24.0 Å². The van der Waals surface area contributed by atoms with Crippen LogP contribution in [0.2, 0.25) is 0 Å². The number of fused-ring (bicyclic) bond motifs is 1. The Hall–Kier alpha value is -2.34. The summed E-state index contributed by atoms with van der Waals surface area (Å²) in [7, 11) is 0. The zero-order valence-electron chi connectivity index (χ0n) is 11.1. The molecule has 2 unspecified atom stereocenters. The van der Waals surface area contributed by atoms with Gasteiger partial charge in [-0.05, 0) is 19.9 Å². The van der Waals surface area contributed by atoms with Crippen LogP contribution in [-0.4, -0.2) is 34.2 Å². The van der Waals surface area contributed by atoms with E-state index in [4.69, 9.17) is 9.52 Å². The fourth-order valence-corrected chi connectivity index (χ4v) is 1.99. The minimum absolute atomic E-state index is 0.0538. The first kappa shape index (κ1) is 14.1. The van der Waals surface area contributed by atoms with Crippen molar-refractivity contribution in [3.8, 4) is 0 Å². The van der Waals surface area contributed by atoms with E-state index in [1.54, 1.807) is 19.1 Å². The molecule has 106 valence electrons. The molecule has 0 bridgehead atoms. The normalized spacial score (nSPS) is 13.9. The first-order valence-corrected chi connectivity index (χ1v) is 6.11. The van der Waals surface area contributed by atoms with Gasteiger partial charge in [0.25, 0.3) is 5.91 Å². The summed E-state index contributed by atoms with van der Waals surface area (Å²) in [5.41, 5.74) is 1.19. The molecule has 6 nitrogen and oxygen atoms in total. The van der Waals surface area contributed by atoms with E-state index >= 15 is 0 Å². The molecule has 0 aliphatic rings. The number of carbonyl (C=O) groups is 2. The van der Waals surface area contributed by atoms with Gasteiger partial charge in [0, 0.05) is 10.9 Å². The molecule has 2 rings (SSSR count). The lowest BCUT2D eigenvalue weighted by molar-refractivity contribution is -0.141. The van der Waals surface area contributed by atoms with Crippen molar-refractivity contribution in [3.63, 3.8) is 0 Å². The molecule has 0 fully saturated rings. The van der Waals surface area contributed by atoms with E-state index in [-0.39, 0.29) is 5.76 Å². The average molecular weight is 277 g/mol. The van der Waals surface area contributed by atoms with Gasteiger partial charge in [-0.2, -0.15) is 0 Å². The van der Waals surface area contributed by atoms with E-state index in [2.05, 4.69) is 5.32 Å². The van der Waals surface area contributed by atoms with Crippen LogP contribution in [0, 0.1) is 6.92 Å². The molecular formula is C14H15NO5. The lowest BCUT2D eigenvalue weighted by atomic mass is 10.1. The number of nitrogens with one attached hydrogen (secondary N) is 1. The molecule has 3 N–H and O–H groups in total. The number of carboxylic acid groups (broad SMARTS) is 1. The minimum atomic E-state index is -1.38. The molecule has 0 aliphatic heterocycles. The molecule has 0 radical (unpaired) electrons. The van der Waals surface area contributed by atoms with Crippen LogP contribution in [0.5, 0.6) is 0 Å². The number of carboxylic acids is 1. The van der Waals surface area contributed by atoms with Crippen molar-refractivity contribution in [3.05, 3.63) is 35.6 Å². The van der Waals surface area contributed by atoms with Crippen LogP contribution >= 0.6 is 0 Å². The maximum Gasteiger partial charge on any atom is 0.328 e. The Balaban J connectivity index is 2.32. The largest absolute Gasteiger partial charge is 0.480 e. The third-order valence-corrected chi connectivity index (χ3v) is 3.08. The maximum absolute atomic E-state index is 12.1. The highest BCUT2D eigenvalue weighted by atomic mass is 16.4. The van der Waals surface area contributed by atoms with Crippen LogP contribution < -0.4 is 5.32 Å². The van der Waals surface area contributed by atoms with Gasteiger partial charge in [0.15, 0.2) is 11.8 Å². The Kier molecular flexibility index (Phi) is 3.76. The van der Waals surface area contributed by atoms with E-state index in [0.717, 1.165) is 5.39 Å². The summed E-state index contributed by atoms with van der Waals surface area (Å²) in [6.07, 6.45) is -1.21. The molecule has 1 amide bonds. The highest BCUT2D eigenvalue weighted by Crippen LogP contribution is 2.24. The van der Waals surface area contributed by atoms with Gasteiger partial charge < -0.3 is 19.9 Å². The number of aliphatic carboxylic acids is 1. The predicted octanol–water partition coefficient (Wildman–Crippen LogP) is 1.31. The highest BCUT2D eigenvalue weighted by molar-refractivity contribution is 6.00. The molecule has 1 heterocycles. The van der Waals surface area contributed by atoms with Crippen LogP contribution in [0.3, 0.4) is 0 Å². The van der Waals surface area contributed by atoms with Crippen LogP contribution in [0.4, 0.5) is 0 Å². The Morgan fingerprint density at radius 3 is 2.50 bits per heavy atom. The second kappa shape index (κ2) is 5.34. The molecule has 0 aliphatic carbocycles. The molecule has 0 saturated heterocycles. The number of hydrogen-bond acceptors (Lipinski definition) is 4. The second-order valence-corrected chi connectivity index (χ2v) is 4.58. The van der Waals surface area contributed by atoms with Crippen LogP contribution in [0.1, 0.15) is 23.0 Å². The molecule has 6 heteroatoms. The van der Waals surface area contributed by atoms with Crippen LogP contribution in [0.25, 0.3) is 11.0 Å². The van der Waals surface area contributed by atoms with Gasteiger partial charge in [0.05, 0.1) is 6.10 Å². The number of carbonyl (C=O) groups excluding carboxylic acids is 1. The monoisotopic (exact) mass is 277 g/mol. The van der Waals surface area contributed by atoms with E-state index in [9.17, 15) is 14.7 Å². The summed E-state index contributed by atoms with van der Waals surface area (Å²) in [5.74, 6) is -1.91. The molecule has 1 aromatic heterocycles. The molecule has 2 atom stereocenters. The maximum atomic E-state index is 12.1. The first-order valence-electron chi connectivity index (χ1n) is 6.11. The first-order chi connectivity index (χ1) is 9.41. The number of benzene rings is 1. The highest BCUT2D eigenvalue weighted by Gasteiger charge is 2.27. The molecule has 20 heavy (non-hydrogen) atoms. The number of para-hydroxylation sites is 1. The second-order valence-electron chi connectivity index (χ2n) is 4.58. The minimum Gasteiger partial charge on any atom is -0.480 e. The number of amides is 1. The number of furan rings is 1. The van der Waals surface area contributed by atoms with Crippen molar-refractivity contribution in [1.82, 2.24) is 5.32 Å². The fraction of sp³-hybridized carbons (Fsp3) is 0.286. The van der Waals surface area contributed by atoms with Crippen molar-refractivity contribution >= 4 is 22.8 Å². The standard InChI is InChI=1S/C14H15NO5/c1-7-9-5-3-4-6-10(9)20-12(7)13(17)15-11(8(2)16)14(18)19/h3-6,8,11,16H,1-2H3,(H,15,17)(H,18,19). The van der Waals surface area contributed by atoms with Crippen molar-refractivity contribution in [2.45, 2.75) is 26.0 Å². The smallest absolute Gasteiger partial charge is 0.328 e. The van der Waals surface area contributed by atoms with Gasteiger partial charge in [-0.25, -0.2) is 4.79 Å². The molecular weight excluding hydrogens is 262 g/mol. The van der Waals surface area contributed by atoms with Crippen LogP contribution in [0.15, 0.2) is 28.7 Å². The zero-order chi connectivity index (χ0) is 14.9.